The number of nitrogens with one attached hydrogen (secondary N) is 1. The fraction of sp³-hybridized carbons (Fsp3) is 0.333. The molecular formula is C9H11NO5. The van der Waals surface area contributed by atoms with Crippen LogP contribution in [0.2, 0.25) is 0 Å². The Morgan fingerprint density at radius 3 is 2.40 bits per heavy atom. The van der Waals surface area contributed by atoms with Crippen molar-refractivity contribution in [1.29, 1.82) is 0 Å². The quantitative estimate of drug-likeness (QED) is 0.705. The van der Waals surface area contributed by atoms with E-state index in [0.717, 1.165) is 0 Å². The van der Waals surface area contributed by atoms with Crippen molar-refractivity contribution in [1.82, 2.24) is 4.98 Å². The highest BCUT2D eigenvalue weighted by atomic mass is 16.7. The number of H-pyrrole nitrogens is 1. The second kappa shape index (κ2) is 4.72. The van der Waals surface area contributed by atoms with Crippen LogP contribution in [0.1, 0.15) is 22.3 Å². The lowest BCUT2D eigenvalue weighted by atomic mass is 10.2. The van der Waals surface area contributed by atoms with Gasteiger partial charge in [0.25, 0.3) is 5.56 Å². The fourth-order valence-corrected chi connectivity index (χ4v) is 1.14. The van der Waals surface area contributed by atoms with Crippen LogP contribution in [0.3, 0.4) is 0 Å². The maximum absolute atomic E-state index is 11.3. The molecule has 1 aromatic heterocycles. The fourth-order valence-electron chi connectivity index (χ4n) is 1.14. The van der Waals surface area contributed by atoms with Crippen molar-refractivity contribution in [2.24, 2.45) is 0 Å². The maximum atomic E-state index is 11.3. The van der Waals surface area contributed by atoms with Gasteiger partial charge in [-0.05, 0) is 12.1 Å². The molecule has 6 heteroatoms. The Hall–Kier alpha value is -1.66. The topological polar surface area (TPSA) is 88.6 Å². The molecule has 0 amide bonds. The van der Waals surface area contributed by atoms with Gasteiger partial charge in [0.15, 0.2) is 6.29 Å². The molecule has 0 saturated carbocycles. The van der Waals surface area contributed by atoms with Crippen molar-refractivity contribution in [2.45, 2.75) is 6.29 Å². The summed E-state index contributed by atoms with van der Waals surface area (Å²) in [4.78, 5) is 24.2. The predicted octanol–water partition coefficient (Wildman–Crippen LogP) is 0.365. The molecule has 82 valence electrons. The highest BCUT2D eigenvalue weighted by Crippen LogP contribution is 2.12. The van der Waals surface area contributed by atoms with Crippen LogP contribution < -0.4 is 5.56 Å². The molecule has 0 aliphatic rings. The molecular weight excluding hydrogens is 202 g/mol. The van der Waals surface area contributed by atoms with E-state index in [4.69, 9.17) is 14.6 Å². The molecule has 0 saturated heterocycles. The smallest absolute Gasteiger partial charge is 0.341 e. The van der Waals surface area contributed by atoms with E-state index in [1.165, 1.54) is 26.4 Å². The third-order valence-corrected chi connectivity index (χ3v) is 1.84. The zero-order valence-corrected chi connectivity index (χ0v) is 8.31. The summed E-state index contributed by atoms with van der Waals surface area (Å²) in [6.45, 7) is 0. The van der Waals surface area contributed by atoms with E-state index in [9.17, 15) is 9.59 Å². The van der Waals surface area contributed by atoms with Crippen molar-refractivity contribution in [3.8, 4) is 0 Å². The highest BCUT2D eigenvalue weighted by Gasteiger charge is 2.13. The van der Waals surface area contributed by atoms with Crippen molar-refractivity contribution >= 4 is 5.97 Å². The first kappa shape index (κ1) is 11.4. The van der Waals surface area contributed by atoms with Gasteiger partial charge in [0.1, 0.15) is 5.56 Å². The van der Waals surface area contributed by atoms with Gasteiger partial charge in [0.05, 0.1) is 5.69 Å². The number of aromatic nitrogens is 1. The monoisotopic (exact) mass is 213 g/mol. The second-order valence-corrected chi connectivity index (χ2v) is 2.76. The van der Waals surface area contributed by atoms with Crippen molar-refractivity contribution < 1.29 is 19.4 Å². The lowest BCUT2D eigenvalue weighted by Crippen LogP contribution is -2.20. The summed E-state index contributed by atoms with van der Waals surface area (Å²) >= 11 is 0. The van der Waals surface area contributed by atoms with Gasteiger partial charge in [0.2, 0.25) is 0 Å². The summed E-state index contributed by atoms with van der Waals surface area (Å²) in [5.41, 5.74) is -0.626. The number of aromatic amines is 1. The number of ether oxygens (including phenoxy) is 2. The number of rotatable bonds is 4. The van der Waals surface area contributed by atoms with Crippen LogP contribution in [-0.2, 0) is 9.47 Å². The molecule has 0 spiro atoms. The van der Waals surface area contributed by atoms with Gasteiger partial charge >= 0.3 is 5.97 Å². The molecule has 1 heterocycles. The summed E-state index contributed by atoms with van der Waals surface area (Å²) in [6, 6.07) is 2.64. The first-order valence-corrected chi connectivity index (χ1v) is 4.12. The molecule has 15 heavy (non-hydrogen) atoms. The Morgan fingerprint density at radius 1 is 1.40 bits per heavy atom. The first-order chi connectivity index (χ1) is 7.10. The van der Waals surface area contributed by atoms with Gasteiger partial charge in [-0.2, -0.15) is 0 Å². The lowest BCUT2D eigenvalue weighted by Gasteiger charge is -2.12. The zero-order valence-electron chi connectivity index (χ0n) is 8.31. The molecule has 0 fully saturated rings. The Labute approximate surface area is 85.5 Å². The van der Waals surface area contributed by atoms with E-state index in [0.29, 0.717) is 5.69 Å². The van der Waals surface area contributed by atoms with Crippen LogP contribution in [0.15, 0.2) is 16.9 Å². The normalized spacial score (nSPS) is 10.6. The largest absolute Gasteiger partial charge is 0.477 e. The van der Waals surface area contributed by atoms with E-state index in [-0.39, 0.29) is 5.56 Å². The SMILES string of the molecule is COC(OC)c1ccc(C(=O)O)c(=O)[nH]1. The van der Waals surface area contributed by atoms with Gasteiger partial charge in [0, 0.05) is 14.2 Å². The minimum atomic E-state index is -1.27. The van der Waals surface area contributed by atoms with Crippen molar-refractivity contribution in [3.63, 3.8) is 0 Å². The van der Waals surface area contributed by atoms with Gasteiger partial charge in [-0.25, -0.2) is 4.79 Å². The van der Waals surface area contributed by atoms with Crippen LogP contribution in [0.5, 0.6) is 0 Å². The van der Waals surface area contributed by atoms with Crippen molar-refractivity contribution in [3.05, 3.63) is 33.7 Å². The second-order valence-electron chi connectivity index (χ2n) is 2.76. The van der Waals surface area contributed by atoms with Crippen LogP contribution in [0.4, 0.5) is 0 Å². The Morgan fingerprint density at radius 2 is 2.00 bits per heavy atom. The van der Waals surface area contributed by atoms with Crippen LogP contribution in [0, 0.1) is 0 Å². The summed E-state index contributed by atoms with van der Waals surface area (Å²) in [6.07, 6.45) is -0.708. The van der Waals surface area contributed by atoms with Crippen molar-refractivity contribution in [2.75, 3.05) is 14.2 Å². The third-order valence-electron chi connectivity index (χ3n) is 1.84. The predicted molar refractivity (Wildman–Crippen MR) is 50.8 cm³/mol. The zero-order chi connectivity index (χ0) is 11.4. The van der Waals surface area contributed by atoms with E-state index in [1.807, 2.05) is 0 Å². The summed E-state index contributed by atoms with van der Waals surface area (Å²) in [7, 11) is 2.83. The number of carboxylic acids is 1. The van der Waals surface area contributed by atoms with E-state index >= 15 is 0 Å². The molecule has 0 radical (unpaired) electrons. The molecule has 1 rings (SSSR count). The number of methoxy groups -OCH3 is 2. The minimum absolute atomic E-state index is 0.315. The van der Waals surface area contributed by atoms with Crippen LogP contribution in [0.25, 0.3) is 0 Å². The summed E-state index contributed by atoms with van der Waals surface area (Å²) in [5.74, 6) is -1.27. The molecule has 0 aliphatic heterocycles. The Kier molecular flexibility index (Phi) is 3.59. The number of hydrogen-bond donors (Lipinski definition) is 2. The maximum Gasteiger partial charge on any atom is 0.341 e. The molecule has 6 nitrogen and oxygen atoms in total. The van der Waals surface area contributed by atoms with Gasteiger partial charge in [-0.3, -0.25) is 4.79 Å². The molecule has 0 aromatic carbocycles. The Balaban J connectivity index is 3.11. The third kappa shape index (κ3) is 2.42. The number of carbonyl (C=O) groups is 1. The molecule has 0 bridgehead atoms. The standard InChI is InChI=1S/C9H11NO5/c1-14-9(15-2)6-4-3-5(8(12)13)7(11)10-6/h3-4,9H,1-2H3,(H,10,11)(H,12,13). The molecule has 0 atom stereocenters. The number of pyridine rings is 1. The molecule has 0 aliphatic carbocycles. The summed E-state index contributed by atoms with van der Waals surface area (Å²) < 4.78 is 9.80. The molecule has 0 unspecified atom stereocenters. The first-order valence-electron chi connectivity index (χ1n) is 4.12. The number of carboxylic acid groups (broad SMARTS) is 1. The van der Waals surface area contributed by atoms with Gasteiger partial charge in [-0.15, -0.1) is 0 Å². The summed E-state index contributed by atoms with van der Waals surface area (Å²) in [5, 5.41) is 8.63. The highest BCUT2D eigenvalue weighted by molar-refractivity contribution is 5.86. The van der Waals surface area contributed by atoms with E-state index in [1.54, 1.807) is 0 Å². The van der Waals surface area contributed by atoms with Gasteiger partial charge < -0.3 is 19.6 Å². The van der Waals surface area contributed by atoms with E-state index in [2.05, 4.69) is 4.98 Å². The number of aromatic carboxylic acids is 1. The number of hydrogen-bond acceptors (Lipinski definition) is 4. The molecule has 1 aromatic rings. The minimum Gasteiger partial charge on any atom is -0.477 e. The average Bonchev–Trinajstić information content (AvgIpc) is 2.19. The van der Waals surface area contributed by atoms with Crippen LogP contribution in [-0.4, -0.2) is 30.3 Å². The average molecular weight is 213 g/mol. The van der Waals surface area contributed by atoms with E-state index < -0.39 is 17.8 Å². The molecule has 2 N–H and O–H groups in total. The lowest BCUT2D eigenvalue weighted by molar-refractivity contribution is -0.108. The van der Waals surface area contributed by atoms with Gasteiger partial charge in [-0.1, -0.05) is 0 Å². The Bertz CT molecular complexity index is 407. The van der Waals surface area contributed by atoms with Crippen LogP contribution >= 0.6 is 0 Å².